The summed E-state index contributed by atoms with van der Waals surface area (Å²) < 4.78 is 48.1. The Bertz CT molecular complexity index is 1950. The quantitative estimate of drug-likeness (QED) is 0.0306. The molecule has 15 N–H and O–H groups in total. The second kappa shape index (κ2) is 44.9. The average molecular weight is 1300 g/mol. The summed E-state index contributed by atoms with van der Waals surface area (Å²) in [4.78, 5) is 38.3. The molecule has 0 spiro atoms. The predicted octanol–water partition coefficient (Wildman–Crippen LogP) is 1.93. The van der Waals surface area contributed by atoms with E-state index in [0.29, 0.717) is 12.8 Å². The van der Waals surface area contributed by atoms with Gasteiger partial charge in [-0.2, -0.15) is 0 Å². The first-order valence-corrected chi connectivity index (χ1v) is 33.9. The van der Waals surface area contributed by atoms with Gasteiger partial charge in [0.2, 0.25) is 17.7 Å². The number of carbonyl (C=O) groups is 3. The minimum atomic E-state index is -2.18. The maximum atomic E-state index is 13.5. The molecule has 526 valence electrons. The zero-order chi connectivity index (χ0) is 66.0. The summed E-state index contributed by atoms with van der Waals surface area (Å²) in [6.07, 6.45) is 1.04. The fraction of sp³-hybridized carbons (Fsp3) is 0.922. The number of amides is 3. The lowest BCUT2D eigenvalue weighted by Gasteiger charge is -2.51. The van der Waals surface area contributed by atoms with Gasteiger partial charge >= 0.3 is 0 Å². The van der Waals surface area contributed by atoms with E-state index in [9.17, 15) is 75.7 Å². The number of hydrogen-bond acceptors (Lipinski definition) is 23. The van der Waals surface area contributed by atoms with Crippen LogP contribution in [0.3, 0.4) is 0 Å². The molecule has 90 heavy (non-hydrogen) atoms. The highest BCUT2D eigenvalue weighted by Gasteiger charge is 2.57. The van der Waals surface area contributed by atoms with Crippen molar-refractivity contribution in [2.45, 2.75) is 342 Å². The number of carbonyl (C=O) groups excluding carboxylic acids is 3. The summed E-state index contributed by atoms with van der Waals surface area (Å²) in [7, 11) is 0. The molecule has 4 heterocycles. The van der Waals surface area contributed by atoms with Crippen molar-refractivity contribution >= 4 is 17.7 Å². The van der Waals surface area contributed by atoms with E-state index in [-0.39, 0.29) is 12.3 Å². The van der Waals surface area contributed by atoms with E-state index < -0.39 is 180 Å². The molecule has 0 aromatic rings. The van der Waals surface area contributed by atoms with Gasteiger partial charge in [0.25, 0.3) is 0 Å². The number of allylic oxidation sites excluding steroid dienone is 1. The van der Waals surface area contributed by atoms with Crippen molar-refractivity contribution < 1.29 is 114 Å². The van der Waals surface area contributed by atoms with Crippen LogP contribution in [0, 0.1) is 0 Å². The normalized spacial score (nSPS) is 33.0. The van der Waals surface area contributed by atoms with Gasteiger partial charge in [-0.15, -0.1) is 0 Å². The van der Waals surface area contributed by atoms with Gasteiger partial charge in [-0.25, -0.2) is 0 Å². The standard InChI is InChI=1S/C64H117N3O23/c1-5-7-9-11-13-15-17-19-20-22-24-26-28-30-32-34-48(75)67-42(43(74)33-31-29-27-25-23-21-18-16-14-12-10-8-6-2)39-83-63-56(81)55(80)58(46(37-70)86-63)88-64-57(82)60(90-62-50(66-41(4)73)54(79)52(77)45(36-69)85-62)59(47(38-71)87-64)89-61-49(65-40(3)72)53(78)51(76)44(35-68)84-61/h31,33,42-47,49-64,68-71,74,76-82H,5-30,32,34-39H2,1-4H3,(H,65,72)(H,66,73)(H,67,75)/b33-31+/t42-,43+,44?,45?,46?,47?,49?,50?,51-,52+,53+,54+,55+,56?,57?,58+,59-,60+,61-,62-,63+,64-/m0/s1. The molecule has 22 atom stereocenters. The van der Waals surface area contributed by atoms with Crippen LogP contribution in [0.15, 0.2) is 12.2 Å². The molecule has 4 aliphatic rings. The molecular formula is C64H117N3O23. The summed E-state index contributed by atoms with van der Waals surface area (Å²) in [5.74, 6) is -1.80. The van der Waals surface area contributed by atoms with Crippen LogP contribution in [0.1, 0.15) is 207 Å². The highest BCUT2D eigenvalue weighted by molar-refractivity contribution is 5.76. The number of rotatable bonds is 46. The maximum Gasteiger partial charge on any atom is 0.220 e. The highest BCUT2D eigenvalue weighted by Crippen LogP contribution is 2.36. The third-order valence-corrected chi connectivity index (χ3v) is 17.5. The molecule has 0 saturated carbocycles. The van der Waals surface area contributed by atoms with E-state index in [2.05, 4.69) is 29.8 Å². The summed E-state index contributed by atoms with van der Waals surface area (Å²) in [6.45, 7) is 2.52. The van der Waals surface area contributed by atoms with Gasteiger partial charge in [0.05, 0.1) is 45.2 Å². The Hall–Kier alpha value is -2.65. The van der Waals surface area contributed by atoms with Gasteiger partial charge in [0.1, 0.15) is 97.5 Å². The maximum absolute atomic E-state index is 13.5. The Morgan fingerprint density at radius 2 is 0.811 bits per heavy atom. The minimum Gasteiger partial charge on any atom is -0.394 e. The lowest BCUT2D eigenvalue weighted by molar-refractivity contribution is -0.391. The molecule has 4 saturated heterocycles. The molecule has 26 nitrogen and oxygen atoms in total. The van der Waals surface area contributed by atoms with Crippen LogP contribution >= 0.6 is 0 Å². The van der Waals surface area contributed by atoms with Gasteiger partial charge in [-0.1, -0.05) is 180 Å². The zero-order valence-corrected chi connectivity index (χ0v) is 54.0. The van der Waals surface area contributed by atoms with E-state index >= 15 is 0 Å². The third-order valence-electron chi connectivity index (χ3n) is 17.5. The number of ether oxygens (including phenoxy) is 8. The fourth-order valence-corrected chi connectivity index (χ4v) is 12.1. The van der Waals surface area contributed by atoms with Crippen molar-refractivity contribution in [3.8, 4) is 0 Å². The molecule has 8 unspecified atom stereocenters. The molecule has 3 amide bonds. The monoisotopic (exact) mass is 1300 g/mol. The Morgan fingerprint density at radius 1 is 0.433 bits per heavy atom. The minimum absolute atomic E-state index is 0.197. The van der Waals surface area contributed by atoms with Gasteiger partial charge in [0.15, 0.2) is 25.2 Å². The van der Waals surface area contributed by atoms with Crippen LogP contribution in [0.25, 0.3) is 0 Å². The molecule has 0 aromatic carbocycles. The smallest absolute Gasteiger partial charge is 0.220 e. The van der Waals surface area contributed by atoms with Crippen molar-refractivity contribution in [1.29, 1.82) is 0 Å². The Balaban J connectivity index is 1.47. The Morgan fingerprint density at radius 3 is 1.24 bits per heavy atom. The topological polar surface area (TPSA) is 404 Å². The number of nitrogens with one attached hydrogen (secondary N) is 3. The Labute approximate surface area is 533 Å². The highest BCUT2D eigenvalue weighted by atomic mass is 16.8. The number of unbranched alkanes of at least 4 members (excludes halogenated alkanes) is 25. The van der Waals surface area contributed by atoms with Crippen molar-refractivity contribution in [2.75, 3.05) is 33.0 Å². The van der Waals surface area contributed by atoms with Crippen LogP contribution in [0.2, 0.25) is 0 Å². The largest absolute Gasteiger partial charge is 0.394 e. The number of hydrogen-bond donors (Lipinski definition) is 15. The molecule has 4 rings (SSSR count). The third kappa shape index (κ3) is 26.9. The van der Waals surface area contributed by atoms with E-state index in [1.807, 2.05) is 6.08 Å². The van der Waals surface area contributed by atoms with E-state index in [4.69, 9.17) is 37.9 Å². The fourth-order valence-electron chi connectivity index (χ4n) is 12.1. The number of aliphatic hydroxyl groups excluding tert-OH is 12. The summed E-state index contributed by atoms with van der Waals surface area (Å²) in [5, 5.41) is 140. The lowest BCUT2D eigenvalue weighted by Crippen LogP contribution is -2.70. The molecule has 0 aliphatic carbocycles. The second-order valence-corrected chi connectivity index (χ2v) is 25.0. The first-order chi connectivity index (χ1) is 43.3. The molecule has 4 fully saturated rings. The van der Waals surface area contributed by atoms with Gasteiger partial charge in [-0.05, 0) is 19.3 Å². The first kappa shape index (κ1) is 79.8. The van der Waals surface area contributed by atoms with Crippen LogP contribution < -0.4 is 16.0 Å². The molecule has 26 heteroatoms. The van der Waals surface area contributed by atoms with E-state index in [1.165, 1.54) is 116 Å². The molecule has 0 radical (unpaired) electrons. The summed E-state index contributed by atoms with van der Waals surface area (Å²) >= 11 is 0. The molecule has 0 aromatic heterocycles. The second-order valence-electron chi connectivity index (χ2n) is 25.0. The SMILES string of the molecule is CCCCCCCCCCCCC/C=C/[C@@H](O)[C@H](CO[C@@H]1OC(CO)[C@@H](O[C@@H]2OC(CO)[C@H](O[C@@H]3OC(CO)[C@H](O)[C@H](O)C3NC(C)=O)[C@H](O[C@@H]3OC(CO)[C@@H](O)[C@H](O)C3NC(C)=O)C2O)[C@H](O)C1O)NC(=O)CCCCCCCCCCCCCCCCC. The van der Waals surface area contributed by atoms with Crippen LogP contribution in [-0.4, -0.2) is 247 Å². The Kier molecular flexibility index (Phi) is 39.8. The first-order valence-electron chi connectivity index (χ1n) is 33.9. The van der Waals surface area contributed by atoms with Crippen LogP contribution in [0.4, 0.5) is 0 Å². The van der Waals surface area contributed by atoms with Crippen molar-refractivity contribution in [3.63, 3.8) is 0 Å². The molecule has 0 bridgehead atoms. The van der Waals surface area contributed by atoms with E-state index in [1.54, 1.807) is 6.08 Å². The summed E-state index contributed by atoms with van der Waals surface area (Å²) in [5.41, 5.74) is 0. The average Bonchev–Trinajstić information content (AvgIpc) is 1.14. The van der Waals surface area contributed by atoms with Crippen molar-refractivity contribution in [1.82, 2.24) is 16.0 Å². The van der Waals surface area contributed by atoms with E-state index in [0.717, 1.165) is 58.8 Å². The number of aliphatic hydroxyl groups is 12. The van der Waals surface area contributed by atoms with Crippen molar-refractivity contribution in [3.05, 3.63) is 12.2 Å². The van der Waals surface area contributed by atoms with Gasteiger partial charge < -0.3 is 115 Å². The van der Waals surface area contributed by atoms with Gasteiger partial charge in [-0.3, -0.25) is 14.4 Å². The van der Waals surface area contributed by atoms with Crippen molar-refractivity contribution in [2.24, 2.45) is 0 Å². The van der Waals surface area contributed by atoms with Gasteiger partial charge in [0, 0.05) is 20.3 Å². The summed E-state index contributed by atoms with van der Waals surface area (Å²) in [6, 6.07) is -4.26. The van der Waals surface area contributed by atoms with Crippen LogP contribution in [0.5, 0.6) is 0 Å². The zero-order valence-electron chi connectivity index (χ0n) is 54.0. The van der Waals surface area contributed by atoms with Crippen LogP contribution in [-0.2, 0) is 52.3 Å². The molecular weight excluding hydrogens is 1180 g/mol. The molecule has 4 aliphatic heterocycles. The predicted molar refractivity (Wildman–Crippen MR) is 329 cm³/mol. The lowest BCUT2D eigenvalue weighted by atomic mass is 9.94.